The fourth-order valence-electron chi connectivity index (χ4n) is 4.71. The predicted octanol–water partition coefficient (Wildman–Crippen LogP) is 2.93. The first kappa shape index (κ1) is 22.9. The SMILES string of the molecule is CN(C1CCCCC1)S(=O)(=O)c1ccc(C(=O)NCCc2nnc3n2CCCCC3)cc1. The lowest BCUT2D eigenvalue weighted by Crippen LogP contribution is -2.38. The molecule has 1 amide bonds. The molecule has 1 aromatic heterocycles. The third-order valence-corrected chi connectivity index (χ3v) is 8.63. The average Bonchev–Trinajstić information content (AvgIpc) is 3.04. The van der Waals surface area contributed by atoms with Crippen molar-refractivity contribution >= 4 is 15.9 Å². The number of rotatable bonds is 7. The zero-order valence-corrected chi connectivity index (χ0v) is 19.6. The van der Waals surface area contributed by atoms with Gasteiger partial charge in [0.15, 0.2) is 0 Å². The van der Waals surface area contributed by atoms with Gasteiger partial charge in [-0.25, -0.2) is 8.42 Å². The molecular formula is C23H33N5O3S. The summed E-state index contributed by atoms with van der Waals surface area (Å²) in [5.41, 5.74) is 0.448. The van der Waals surface area contributed by atoms with Crippen LogP contribution in [0.3, 0.4) is 0 Å². The van der Waals surface area contributed by atoms with Gasteiger partial charge >= 0.3 is 0 Å². The van der Waals surface area contributed by atoms with Crippen LogP contribution in [0, 0.1) is 0 Å². The van der Waals surface area contributed by atoms with E-state index in [0.717, 1.165) is 63.1 Å². The van der Waals surface area contributed by atoms with Crippen molar-refractivity contribution in [2.24, 2.45) is 0 Å². The minimum Gasteiger partial charge on any atom is -0.352 e. The molecule has 32 heavy (non-hydrogen) atoms. The minimum atomic E-state index is -3.56. The van der Waals surface area contributed by atoms with Crippen molar-refractivity contribution in [2.75, 3.05) is 13.6 Å². The number of sulfonamides is 1. The first-order valence-electron chi connectivity index (χ1n) is 11.7. The number of aryl methyl sites for hydroxylation is 1. The van der Waals surface area contributed by atoms with Crippen LogP contribution in [0.5, 0.6) is 0 Å². The maximum atomic E-state index is 13.0. The fraction of sp³-hybridized carbons (Fsp3) is 0.609. The Balaban J connectivity index is 1.33. The molecule has 2 aliphatic rings. The molecule has 9 heteroatoms. The molecule has 1 aliphatic heterocycles. The van der Waals surface area contributed by atoms with E-state index in [0.29, 0.717) is 18.5 Å². The topological polar surface area (TPSA) is 97.2 Å². The van der Waals surface area contributed by atoms with E-state index in [1.165, 1.54) is 29.3 Å². The van der Waals surface area contributed by atoms with Crippen molar-refractivity contribution in [3.05, 3.63) is 41.5 Å². The third-order valence-electron chi connectivity index (χ3n) is 6.70. The normalized spacial score (nSPS) is 17.7. The van der Waals surface area contributed by atoms with E-state index in [1.54, 1.807) is 19.2 Å². The van der Waals surface area contributed by atoms with Crippen LogP contribution >= 0.6 is 0 Å². The molecular weight excluding hydrogens is 426 g/mol. The zero-order valence-electron chi connectivity index (χ0n) is 18.8. The van der Waals surface area contributed by atoms with Crippen LogP contribution in [-0.2, 0) is 29.4 Å². The van der Waals surface area contributed by atoms with Gasteiger partial charge in [0, 0.05) is 44.6 Å². The second-order valence-corrected chi connectivity index (χ2v) is 10.8. The highest BCUT2D eigenvalue weighted by Crippen LogP contribution is 2.26. The summed E-state index contributed by atoms with van der Waals surface area (Å²) in [6.45, 7) is 1.40. The van der Waals surface area contributed by atoms with Crippen LogP contribution in [0.4, 0.5) is 0 Å². The Hall–Kier alpha value is -2.26. The maximum absolute atomic E-state index is 13.0. The Morgan fingerprint density at radius 1 is 1.06 bits per heavy atom. The molecule has 1 fully saturated rings. The largest absolute Gasteiger partial charge is 0.352 e. The summed E-state index contributed by atoms with van der Waals surface area (Å²) in [7, 11) is -1.89. The number of aromatic nitrogens is 3. The van der Waals surface area contributed by atoms with E-state index in [-0.39, 0.29) is 16.8 Å². The first-order valence-corrected chi connectivity index (χ1v) is 13.2. The number of nitrogens with one attached hydrogen (secondary N) is 1. The number of hydrogen-bond donors (Lipinski definition) is 1. The molecule has 1 aliphatic carbocycles. The molecule has 1 aromatic carbocycles. The van der Waals surface area contributed by atoms with Gasteiger partial charge in [-0.05, 0) is 49.9 Å². The van der Waals surface area contributed by atoms with Crippen molar-refractivity contribution in [1.82, 2.24) is 24.4 Å². The van der Waals surface area contributed by atoms with Crippen molar-refractivity contribution in [2.45, 2.75) is 81.7 Å². The van der Waals surface area contributed by atoms with Crippen molar-refractivity contribution in [3.8, 4) is 0 Å². The molecule has 0 atom stereocenters. The Bertz CT molecular complexity index is 1030. The van der Waals surface area contributed by atoms with Gasteiger partial charge in [-0.3, -0.25) is 4.79 Å². The van der Waals surface area contributed by atoms with E-state index >= 15 is 0 Å². The molecule has 4 rings (SSSR count). The van der Waals surface area contributed by atoms with E-state index in [4.69, 9.17) is 0 Å². The molecule has 1 N–H and O–H groups in total. The van der Waals surface area contributed by atoms with Crippen LogP contribution in [0.2, 0.25) is 0 Å². The summed E-state index contributed by atoms with van der Waals surface area (Å²) >= 11 is 0. The quantitative estimate of drug-likeness (QED) is 0.687. The number of fused-ring (bicyclic) bond motifs is 1. The highest BCUT2D eigenvalue weighted by atomic mass is 32.2. The average molecular weight is 460 g/mol. The number of nitrogens with zero attached hydrogens (tertiary/aromatic N) is 4. The first-order chi connectivity index (χ1) is 15.5. The Kier molecular flexibility index (Phi) is 7.25. The molecule has 0 unspecified atom stereocenters. The minimum absolute atomic E-state index is 0.0592. The second-order valence-electron chi connectivity index (χ2n) is 8.84. The third kappa shape index (κ3) is 5.04. The summed E-state index contributed by atoms with van der Waals surface area (Å²) < 4.78 is 29.6. The molecule has 2 heterocycles. The zero-order chi connectivity index (χ0) is 22.6. The van der Waals surface area contributed by atoms with Gasteiger partial charge in [0.1, 0.15) is 11.6 Å². The molecule has 0 saturated heterocycles. The number of carbonyl (C=O) groups is 1. The lowest BCUT2D eigenvalue weighted by Gasteiger charge is -2.30. The molecule has 174 valence electrons. The summed E-state index contributed by atoms with van der Waals surface area (Å²) in [6, 6.07) is 6.29. The molecule has 1 saturated carbocycles. The van der Waals surface area contributed by atoms with Crippen LogP contribution in [0.25, 0.3) is 0 Å². The molecule has 2 aromatic rings. The van der Waals surface area contributed by atoms with E-state index in [2.05, 4.69) is 20.1 Å². The van der Waals surface area contributed by atoms with Crippen LogP contribution in [0.1, 0.15) is 73.4 Å². The lowest BCUT2D eigenvalue weighted by atomic mass is 9.96. The van der Waals surface area contributed by atoms with Crippen LogP contribution < -0.4 is 5.32 Å². The smallest absolute Gasteiger partial charge is 0.251 e. The number of amides is 1. The summed E-state index contributed by atoms with van der Waals surface area (Å²) in [4.78, 5) is 12.8. The van der Waals surface area contributed by atoms with Gasteiger partial charge in [-0.15, -0.1) is 10.2 Å². The highest BCUT2D eigenvalue weighted by Gasteiger charge is 2.29. The van der Waals surface area contributed by atoms with E-state index in [9.17, 15) is 13.2 Å². The van der Waals surface area contributed by atoms with Crippen LogP contribution in [-0.4, -0.2) is 53.0 Å². The Morgan fingerprint density at radius 3 is 2.53 bits per heavy atom. The Labute approximate surface area is 190 Å². The van der Waals surface area contributed by atoms with E-state index in [1.807, 2.05) is 0 Å². The van der Waals surface area contributed by atoms with Gasteiger partial charge in [0.05, 0.1) is 4.90 Å². The van der Waals surface area contributed by atoms with Crippen LogP contribution in [0.15, 0.2) is 29.2 Å². The van der Waals surface area contributed by atoms with Gasteiger partial charge in [-0.2, -0.15) is 4.31 Å². The maximum Gasteiger partial charge on any atom is 0.251 e. The van der Waals surface area contributed by atoms with Crippen molar-refractivity contribution < 1.29 is 13.2 Å². The lowest BCUT2D eigenvalue weighted by molar-refractivity contribution is 0.0953. The number of hydrogen-bond acceptors (Lipinski definition) is 5. The summed E-state index contributed by atoms with van der Waals surface area (Å²) in [5.74, 6) is 1.73. The highest BCUT2D eigenvalue weighted by molar-refractivity contribution is 7.89. The summed E-state index contributed by atoms with van der Waals surface area (Å²) in [5, 5.41) is 11.5. The van der Waals surface area contributed by atoms with E-state index < -0.39 is 10.0 Å². The van der Waals surface area contributed by atoms with Gasteiger partial charge in [0.2, 0.25) is 10.0 Å². The van der Waals surface area contributed by atoms with Gasteiger partial charge < -0.3 is 9.88 Å². The second kappa shape index (κ2) is 10.1. The molecule has 0 spiro atoms. The predicted molar refractivity (Wildman–Crippen MR) is 122 cm³/mol. The number of benzene rings is 1. The molecule has 8 nitrogen and oxygen atoms in total. The standard InChI is InChI=1S/C23H33N5O3S/c1-27(19-8-4-2-5-9-19)32(30,31)20-13-11-18(12-14-20)23(29)24-16-15-22-26-25-21-10-6-3-7-17-28(21)22/h11-14,19H,2-10,15-17H2,1H3,(H,24,29). The van der Waals surface area contributed by atoms with Gasteiger partial charge in [0.25, 0.3) is 5.91 Å². The Morgan fingerprint density at radius 2 is 1.78 bits per heavy atom. The number of carbonyl (C=O) groups excluding carboxylic acids is 1. The molecule has 0 bridgehead atoms. The monoisotopic (exact) mass is 459 g/mol. The van der Waals surface area contributed by atoms with Gasteiger partial charge in [-0.1, -0.05) is 25.7 Å². The summed E-state index contributed by atoms with van der Waals surface area (Å²) in [6.07, 6.45) is 10.2. The molecule has 0 radical (unpaired) electrons. The van der Waals surface area contributed by atoms with Crippen molar-refractivity contribution in [1.29, 1.82) is 0 Å². The fourth-order valence-corrected chi connectivity index (χ4v) is 6.12. The van der Waals surface area contributed by atoms with Crippen molar-refractivity contribution in [3.63, 3.8) is 0 Å².